The van der Waals surface area contributed by atoms with E-state index in [4.69, 9.17) is 0 Å². The van der Waals surface area contributed by atoms with E-state index in [-0.39, 0.29) is 0 Å². The van der Waals surface area contributed by atoms with E-state index in [1.54, 1.807) is 12.1 Å². The van der Waals surface area contributed by atoms with Crippen LogP contribution in [0.15, 0.2) is 24.3 Å². The third-order valence-electron chi connectivity index (χ3n) is 1.98. The molecule has 0 aromatic heterocycles. The second-order valence-corrected chi connectivity index (χ2v) is 3.41. The van der Waals surface area contributed by atoms with Crippen LogP contribution in [0.5, 0.6) is 0 Å². The largest absolute Gasteiger partial charge is 0.272 e. The van der Waals surface area contributed by atoms with Gasteiger partial charge in [-0.2, -0.15) is 0 Å². The molecule has 1 rings (SSSR count). The highest BCUT2D eigenvalue weighted by Crippen LogP contribution is 2.15. The molecule has 0 spiro atoms. The van der Waals surface area contributed by atoms with Gasteiger partial charge in [0.2, 0.25) is 12.8 Å². The molecule has 0 aliphatic carbocycles. The smallest absolute Gasteiger partial charge is 0.0654 e. The standard InChI is InChI=1S/C10H14NOS/c1-2-3-4-9-5-7-10(8-6-9)11(12)13/h5-8H,2-4H2,1H3,(H,12,13)/q+1. The fourth-order valence-electron chi connectivity index (χ4n) is 1.17. The molecule has 3 heteroatoms. The summed E-state index contributed by atoms with van der Waals surface area (Å²) in [7, 11) is 0. The van der Waals surface area contributed by atoms with Crippen LogP contribution in [0.25, 0.3) is 0 Å². The van der Waals surface area contributed by atoms with Gasteiger partial charge in [0.25, 0.3) is 5.69 Å². The number of aryl methyl sites for hydroxylation is 1. The maximum absolute atomic E-state index is 10.8. The predicted molar refractivity (Wildman–Crippen MR) is 57.3 cm³/mol. The predicted octanol–water partition coefficient (Wildman–Crippen LogP) is 3.28. The van der Waals surface area contributed by atoms with Crippen LogP contribution in [-0.4, -0.2) is 4.17 Å². The lowest BCUT2D eigenvalue weighted by Gasteiger charge is -1.97. The highest BCUT2D eigenvalue weighted by Gasteiger charge is 2.06. The number of benzene rings is 1. The minimum atomic E-state index is 0.573. The summed E-state index contributed by atoms with van der Waals surface area (Å²) >= 11 is 3.67. The van der Waals surface area contributed by atoms with Gasteiger partial charge in [-0.1, -0.05) is 25.5 Å². The molecule has 2 nitrogen and oxygen atoms in total. The summed E-state index contributed by atoms with van der Waals surface area (Å²) < 4.78 is 0.573. The number of nitroso groups, excluding NO2 is 1. The molecule has 1 aromatic rings. The highest BCUT2D eigenvalue weighted by atomic mass is 32.1. The number of nitrogens with zero attached hydrogens (tertiary/aromatic N) is 1. The van der Waals surface area contributed by atoms with Gasteiger partial charge >= 0.3 is 0 Å². The van der Waals surface area contributed by atoms with E-state index in [0.717, 1.165) is 6.42 Å². The second kappa shape index (κ2) is 5.02. The van der Waals surface area contributed by atoms with Gasteiger partial charge in [0, 0.05) is 17.0 Å². The first-order valence-corrected chi connectivity index (χ1v) is 4.89. The third-order valence-corrected chi connectivity index (χ3v) is 2.21. The quantitative estimate of drug-likeness (QED) is 0.578. The molecular formula is C10H14NOS+. The monoisotopic (exact) mass is 196 g/mol. The summed E-state index contributed by atoms with van der Waals surface area (Å²) in [6.07, 6.45) is 3.48. The van der Waals surface area contributed by atoms with Gasteiger partial charge in [-0.25, -0.2) is 0 Å². The highest BCUT2D eigenvalue weighted by molar-refractivity contribution is 7.73. The van der Waals surface area contributed by atoms with Crippen molar-refractivity contribution in [2.24, 2.45) is 0 Å². The SMILES string of the molecule is CCCCc1ccc([N+](=O)S)cc1. The second-order valence-electron chi connectivity index (χ2n) is 3.04. The van der Waals surface area contributed by atoms with Crippen LogP contribution in [0.3, 0.4) is 0 Å². The molecule has 0 saturated carbocycles. The molecule has 0 aliphatic heterocycles. The Kier molecular flexibility index (Phi) is 3.96. The number of unbranched alkanes of at least 4 members (excludes halogenated alkanes) is 1. The minimum absolute atomic E-state index is 0.573. The minimum Gasteiger partial charge on any atom is -0.0654 e. The van der Waals surface area contributed by atoms with Crippen molar-refractivity contribution in [3.05, 3.63) is 34.7 Å². The molecule has 70 valence electrons. The molecule has 0 amide bonds. The molecule has 0 radical (unpaired) electrons. The maximum Gasteiger partial charge on any atom is 0.272 e. The Morgan fingerprint density at radius 1 is 1.31 bits per heavy atom. The van der Waals surface area contributed by atoms with Crippen molar-refractivity contribution >= 4 is 18.5 Å². The molecule has 0 saturated heterocycles. The summed E-state index contributed by atoms with van der Waals surface area (Å²) in [6.45, 7) is 2.17. The Morgan fingerprint density at radius 3 is 2.38 bits per heavy atom. The Labute approximate surface area is 84.1 Å². The van der Waals surface area contributed by atoms with Crippen LogP contribution in [0.4, 0.5) is 5.69 Å². The Bertz CT molecular complexity index is 281. The van der Waals surface area contributed by atoms with Gasteiger partial charge in [-0.05, 0) is 18.4 Å². The van der Waals surface area contributed by atoms with Crippen LogP contribution in [0.2, 0.25) is 0 Å². The van der Waals surface area contributed by atoms with E-state index >= 15 is 0 Å². The van der Waals surface area contributed by atoms with Crippen molar-refractivity contribution < 1.29 is 4.17 Å². The lowest BCUT2D eigenvalue weighted by Crippen LogP contribution is -1.86. The van der Waals surface area contributed by atoms with Gasteiger partial charge in [0.1, 0.15) is 4.17 Å². The van der Waals surface area contributed by atoms with Gasteiger partial charge < -0.3 is 0 Å². The van der Waals surface area contributed by atoms with E-state index in [1.807, 2.05) is 12.1 Å². The van der Waals surface area contributed by atoms with Crippen molar-refractivity contribution in [1.29, 1.82) is 0 Å². The van der Waals surface area contributed by atoms with Crippen LogP contribution < -0.4 is 0 Å². The molecule has 0 fully saturated rings. The first-order valence-electron chi connectivity index (χ1n) is 4.49. The average Bonchev–Trinajstić information content (AvgIpc) is 2.15. The van der Waals surface area contributed by atoms with Gasteiger partial charge in [0.15, 0.2) is 0 Å². The Morgan fingerprint density at radius 2 is 1.92 bits per heavy atom. The van der Waals surface area contributed by atoms with Gasteiger partial charge in [-0.15, -0.1) is 0 Å². The van der Waals surface area contributed by atoms with Crippen molar-refractivity contribution in [3.63, 3.8) is 0 Å². The zero-order valence-electron chi connectivity index (χ0n) is 7.73. The molecule has 0 N–H and O–H groups in total. The molecule has 0 atom stereocenters. The summed E-state index contributed by atoms with van der Waals surface area (Å²) in [4.78, 5) is 10.8. The normalized spacial score (nSPS) is 10.0. The van der Waals surface area contributed by atoms with Crippen molar-refractivity contribution in [2.45, 2.75) is 26.2 Å². The number of hydrogen-bond donors (Lipinski definition) is 1. The van der Waals surface area contributed by atoms with Crippen LogP contribution in [0, 0.1) is 4.91 Å². The first kappa shape index (κ1) is 10.3. The summed E-state index contributed by atoms with van der Waals surface area (Å²) in [5.41, 5.74) is 1.87. The van der Waals surface area contributed by atoms with Crippen LogP contribution >= 0.6 is 12.8 Å². The summed E-state index contributed by atoms with van der Waals surface area (Å²) in [6, 6.07) is 7.55. The zero-order valence-corrected chi connectivity index (χ0v) is 8.63. The van der Waals surface area contributed by atoms with Crippen LogP contribution in [0.1, 0.15) is 25.3 Å². The van der Waals surface area contributed by atoms with E-state index in [0.29, 0.717) is 9.85 Å². The summed E-state index contributed by atoms with van der Waals surface area (Å²) in [5.74, 6) is 0. The van der Waals surface area contributed by atoms with Gasteiger partial charge in [-0.3, -0.25) is 0 Å². The molecular weight excluding hydrogens is 182 g/mol. The fraction of sp³-hybridized carbons (Fsp3) is 0.400. The van der Waals surface area contributed by atoms with Crippen molar-refractivity contribution in [3.8, 4) is 0 Å². The summed E-state index contributed by atoms with van der Waals surface area (Å²) in [5, 5.41) is 0. The number of hydrogen-bond acceptors (Lipinski definition) is 1. The van der Waals surface area contributed by atoms with Crippen LogP contribution in [-0.2, 0) is 6.42 Å². The molecule has 0 aliphatic rings. The Balaban J connectivity index is 2.64. The molecule has 0 bridgehead atoms. The van der Waals surface area contributed by atoms with Crippen molar-refractivity contribution in [1.82, 2.24) is 0 Å². The lowest BCUT2D eigenvalue weighted by atomic mass is 10.1. The zero-order chi connectivity index (χ0) is 9.68. The fourth-order valence-corrected chi connectivity index (χ4v) is 1.30. The van der Waals surface area contributed by atoms with E-state index in [2.05, 4.69) is 19.7 Å². The number of thiol groups is 1. The third kappa shape index (κ3) is 3.19. The number of rotatable bonds is 4. The first-order chi connectivity index (χ1) is 6.24. The molecule has 13 heavy (non-hydrogen) atoms. The molecule has 1 aromatic carbocycles. The van der Waals surface area contributed by atoms with E-state index in [9.17, 15) is 4.91 Å². The lowest BCUT2D eigenvalue weighted by molar-refractivity contribution is -0.259. The maximum atomic E-state index is 10.8. The molecule has 0 heterocycles. The van der Waals surface area contributed by atoms with E-state index < -0.39 is 0 Å². The Hall–Kier alpha value is -0.830. The van der Waals surface area contributed by atoms with Crippen molar-refractivity contribution in [2.75, 3.05) is 0 Å². The van der Waals surface area contributed by atoms with Gasteiger partial charge in [0.05, 0.1) is 0 Å². The topological polar surface area (TPSA) is 20.1 Å². The average molecular weight is 196 g/mol. The molecule has 0 unspecified atom stereocenters. The van der Waals surface area contributed by atoms with E-state index in [1.165, 1.54) is 18.4 Å².